The predicted octanol–water partition coefficient (Wildman–Crippen LogP) is 4.88. The molecule has 0 radical (unpaired) electrons. The summed E-state index contributed by atoms with van der Waals surface area (Å²) in [4.78, 5) is 12.1. The van der Waals surface area contributed by atoms with Crippen LogP contribution in [0.4, 0.5) is 8.78 Å². The van der Waals surface area contributed by atoms with Crippen LogP contribution < -0.4 is 0 Å². The fourth-order valence-electron chi connectivity index (χ4n) is 1.92. The predicted molar refractivity (Wildman–Crippen MR) is 75.7 cm³/mol. The van der Waals surface area contributed by atoms with Crippen LogP contribution in [0.3, 0.4) is 0 Å². The number of ketones is 1. The Balaban J connectivity index is 2.24. The molecular formula is C17H14F2O. The maximum atomic E-state index is 13.1. The van der Waals surface area contributed by atoms with Gasteiger partial charge in [-0.3, -0.25) is 4.79 Å². The summed E-state index contributed by atoms with van der Waals surface area (Å²) in [6.45, 7) is 1.91. The Hall–Kier alpha value is -2.29. The van der Waals surface area contributed by atoms with Crippen molar-refractivity contribution in [2.45, 2.75) is 13.3 Å². The molecule has 102 valence electrons. The molecule has 0 amide bonds. The van der Waals surface area contributed by atoms with Crippen LogP contribution in [0.2, 0.25) is 0 Å². The van der Waals surface area contributed by atoms with Gasteiger partial charge in [-0.25, -0.2) is 0 Å². The number of hydrogen-bond donors (Lipinski definition) is 0. The zero-order valence-electron chi connectivity index (χ0n) is 11.1. The number of carbonyl (C=O) groups is 1. The second-order valence-corrected chi connectivity index (χ2v) is 4.57. The van der Waals surface area contributed by atoms with Crippen molar-refractivity contribution in [1.29, 1.82) is 0 Å². The van der Waals surface area contributed by atoms with E-state index in [1.807, 2.05) is 6.92 Å². The number of Topliss-reactive ketones (excluding diaryl/α,β-unsaturated/α-hetero) is 1. The van der Waals surface area contributed by atoms with Crippen LogP contribution in [0.15, 0.2) is 60.7 Å². The third kappa shape index (κ3) is 3.38. The normalized spacial score (nSPS) is 10.2. The molecule has 0 N–H and O–H groups in total. The molecule has 2 aromatic rings. The van der Waals surface area contributed by atoms with Gasteiger partial charge in [-0.2, -0.15) is 8.78 Å². The van der Waals surface area contributed by atoms with Gasteiger partial charge in [-0.15, -0.1) is 0 Å². The number of hydrogen-bond acceptors (Lipinski definition) is 1. The van der Waals surface area contributed by atoms with Gasteiger partial charge in [0.05, 0.1) is 0 Å². The van der Waals surface area contributed by atoms with Crippen molar-refractivity contribution >= 4 is 11.4 Å². The molecule has 1 nitrogen and oxygen atoms in total. The molecule has 0 aliphatic heterocycles. The number of allylic oxidation sites excluding steroid dienone is 1. The van der Waals surface area contributed by atoms with E-state index in [-0.39, 0.29) is 17.8 Å². The van der Waals surface area contributed by atoms with Crippen LogP contribution in [0.25, 0.3) is 5.57 Å². The Labute approximate surface area is 116 Å². The Morgan fingerprint density at radius 1 is 0.900 bits per heavy atom. The van der Waals surface area contributed by atoms with Crippen LogP contribution in [0.5, 0.6) is 0 Å². The van der Waals surface area contributed by atoms with Crippen molar-refractivity contribution in [2.75, 3.05) is 0 Å². The first-order valence-electron chi connectivity index (χ1n) is 6.27. The first-order chi connectivity index (χ1) is 9.58. The summed E-state index contributed by atoms with van der Waals surface area (Å²) in [7, 11) is 0. The Kier molecular flexibility index (Phi) is 4.41. The molecule has 0 aromatic heterocycles. The molecule has 0 spiro atoms. The van der Waals surface area contributed by atoms with Crippen LogP contribution in [0.1, 0.15) is 27.9 Å². The summed E-state index contributed by atoms with van der Waals surface area (Å²) in [5.74, 6) is -0.309. The average molecular weight is 272 g/mol. The third-order valence-electron chi connectivity index (χ3n) is 3.06. The van der Waals surface area contributed by atoms with E-state index in [1.54, 1.807) is 54.6 Å². The van der Waals surface area contributed by atoms with Gasteiger partial charge in [-0.1, -0.05) is 60.2 Å². The van der Waals surface area contributed by atoms with E-state index >= 15 is 0 Å². The maximum absolute atomic E-state index is 13.1. The lowest BCUT2D eigenvalue weighted by Crippen LogP contribution is -2.01. The van der Waals surface area contributed by atoms with E-state index in [4.69, 9.17) is 0 Å². The van der Waals surface area contributed by atoms with Gasteiger partial charge >= 0.3 is 0 Å². The molecule has 0 saturated heterocycles. The Bertz CT molecular complexity index is 624. The van der Waals surface area contributed by atoms with E-state index in [2.05, 4.69) is 0 Å². The molecule has 0 heterocycles. The van der Waals surface area contributed by atoms with E-state index in [0.29, 0.717) is 11.1 Å². The van der Waals surface area contributed by atoms with Gasteiger partial charge in [-0.05, 0) is 12.5 Å². The van der Waals surface area contributed by atoms with E-state index in [1.165, 1.54) is 0 Å². The monoisotopic (exact) mass is 272 g/mol. The number of benzene rings is 2. The second kappa shape index (κ2) is 6.24. The molecule has 0 aliphatic carbocycles. The van der Waals surface area contributed by atoms with Gasteiger partial charge in [0.25, 0.3) is 6.08 Å². The molecule has 0 unspecified atom stereocenters. The van der Waals surface area contributed by atoms with Crippen LogP contribution in [-0.2, 0) is 0 Å². The minimum Gasteiger partial charge on any atom is -0.294 e. The van der Waals surface area contributed by atoms with Crippen molar-refractivity contribution in [3.63, 3.8) is 0 Å². The average Bonchev–Trinajstić information content (AvgIpc) is 2.46. The Morgan fingerprint density at radius 2 is 1.50 bits per heavy atom. The van der Waals surface area contributed by atoms with Crippen molar-refractivity contribution < 1.29 is 13.6 Å². The summed E-state index contributed by atoms with van der Waals surface area (Å²) in [5, 5.41) is 0. The fourth-order valence-corrected chi connectivity index (χ4v) is 1.92. The molecule has 20 heavy (non-hydrogen) atoms. The zero-order valence-corrected chi connectivity index (χ0v) is 11.1. The second-order valence-electron chi connectivity index (χ2n) is 4.57. The highest BCUT2D eigenvalue weighted by molar-refractivity contribution is 6.02. The summed E-state index contributed by atoms with van der Waals surface area (Å²) < 4.78 is 26.1. The van der Waals surface area contributed by atoms with Crippen LogP contribution in [0, 0.1) is 6.92 Å². The highest BCUT2D eigenvalue weighted by Crippen LogP contribution is 2.25. The van der Waals surface area contributed by atoms with Gasteiger partial charge in [0.2, 0.25) is 0 Å². The van der Waals surface area contributed by atoms with Gasteiger partial charge in [0.15, 0.2) is 5.78 Å². The highest BCUT2D eigenvalue weighted by atomic mass is 19.3. The highest BCUT2D eigenvalue weighted by Gasteiger charge is 2.15. The molecule has 0 aliphatic rings. The minimum atomic E-state index is -1.81. The number of aryl methyl sites for hydroxylation is 1. The van der Waals surface area contributed by atoms with Gasteiger partial charge in [0, 0.05) is 17.6 Å². The van der Waals surface area contributed by atoms with Gasteiger partial charge < -0.3 is 0 Å². The largest absolute Gasteiger partial charge is 0.294 e. The maximum Gasteiger partial charge on any atom is 0.274 e. The van der Waals surface area contributed by atoms with E-state index in [9.17, 15) is 13.6 Å². The van der Waals surface area contributed by atoms with E-state index in [0.717, 1.165) is 5.56 Å². The Morgan fingerprint density at radius 3 is 2.05 bits per heavy atom. The lowest BCUT2D eigenvalue weighted by Gasteiger charge is -2.06. The van der Waals surface area contributed by atoms with Crippen molar-refractivity contribution in [2.24, 2.45) is 0 Å². The summed E-state index contributed by atoms with van der Waals surface area (Å²) >= 11 is 0. The SMILES string of the molecule is Cc1ccc(C(=O)CC(=C(F)F)c2ccccc2)cc1. The van der Waals surface area contributed by atoms with Crippen molar-refractivity contribution in [3.8, 4) is 0 Å². The van der Waals surface area contributed by atoms with Crippen LogP contribution in [-0.4, -0.2) is 5.78 Å². The smallest absolute Gasteiger partial charge is 0.274 e. The van der Waals surface area contributed by atoms with Crippen LogP contribution >= 0.6 is 0 Å². The fraction of sp³-hybridized carbons (Fsp3) is 0.118. The lowest BCUT2D eigenvalue weighted by molar-refractivity contribution is 0.0997. The van der Waals surface area contributed by atoms with Crippen molar-refractivity contribution in [3.05, 3.63) is 77.4 Å². The van der Waals surface area contributed by atoms with Crippen molar-refractivity contribution in [1.82, 2.24) is 0 Å². The zero-order chi connectivity index (χ0) is 14.5. The van der Waals surface area contributed by atoms with E-state index < -0.39 is 6.08 Å². The number of halogens is 2. The molecule has 3 heteroatoms. The molecular weight excluding hydrogens is 258 g/mol. The molecule has 2 aromatic carbocycles. The summed E-state index contributed by atoms with van der Waals surface area (Å²) in [6.07, 6.45) is -2.10. The standard InChI is InChI=1S/C17H14F2O/c1-12-7-9-14(10-8-12)16(20)11-15(17(18)19)13-5-3-2-4-6-13/h2-10H,11H2,1H3. The minimum absolute atomic E-state index is 0.212. The topological polar surface area (TPSA) is 17.1 Å². The molecule has 0 saturated carbocycles. The first-order valence-corrected chi connectivity index (χ1v) is 6.27. The lowest BCUT2D eigenvalue weighted by atomic mass is 9.98. The van der Waals surface area contributed by atoms with Gasteiger partial charge in [0.1, 0.15) is 0 Å². The molecule has 0 fully saturated rings. The number of rotatable bonds is 4. The molecule has 2 rings (SSSR count). The summed E-state index contributed by atoms with van der Waals surface area (Å²) in [5.41, 5.74) is 1.64. The molecule has 0 bridgehead atoms. The summed E-state index contributed by atoms with van der Waals surface area (Å²) in [6, 6.07) is 15.2. The number of carbonyl (C=O) groups excluding carboxylic acids is 1. The quantitative estimate of drug-likeness (QED) is 0.725. The molecule has 0 atom stereocenters. The third-order valence-corrected chi connectivity index (χ3v) is 3.06. The first kappa shape index (κ1) is 14.1.